The van der Waals surface area contributed by atoms with Crippen molar-refractivity contribution in [3.05, 3.63) is 17.3 Å². The van der Waals surface area contributed by atoms with Crippen LogP contribution in [0.4, 0.5) is 5.95 Å². The number of thiophene rings is 1. The van der Waals surface area contributed by atoms with Crippen LogP contribution in [0.25, 0.3) is 10.2 Å². The van der Waals surface area contributed by atoms with Gasteiger partial charge in [0.15, 0.2) is 4.34 Å². The molecule has 8 heteroatoms. The Hall–Kier alpha value is -1.25. The highest BCUT2D eigenvalue weighted by Gasteiger charge is 2.12. The van der Waals surface area contributed by atoms with Gasteiger partial charge in [0.2, 0.25) is 5.95 Å². The van der Waals surface area contributed by atoms with Crippen molar-refractivity contribution >= 4 is 50.8 Å². The van der Waals surface area contributed by atoms with Crippen LogP contribution in [0.2, 0.25) is 0 Å². The maximum atomic E-state index is 4.49. The van der Waals surface area contributed by atoms with Crippen molar-refractivity contribution in [2.45, 2.75) is 16.3 Å². The summed E-state index contributed by atoms with van der Waals surface area (Å²) in [7, 11) is 1.82. The van der Waals surface area contributed by atoms with Gasteiger partial charge in [0.1, 0.15) is 16.2 Å². The first-order valence-electron chi connectivity index (χ1n) is 5.16. The minimum absolute atomic E-state index is 0.636. The molecule has 0 unspecified atom stereocenters. The van der Waals surface area contributed by atoms with E-state index in [-0.39, 0.29) is 0 Å². The molecule has 3 aromatic heterocycles. The van der Waals surface area contributed by atoms with Crippen LogP contribution in [-0.2, 0) is 0 Å². The molecule has 5 nitrogen and oxygen atoms in total. The lowest BCUT2D eigenvalue weighted by atomic mass is 10.4. The first kappa shape index (κ1) is 11.8. The topological polar surface area (TPSA) is 63.6 Å². The number of fused-ring (bicyclic) bond motifs is 1. The minimum atomic E-state index is 0.636. The first-order valence-corrected chi connectivity index (χ1v) is 7.57. The summed E-state index contributed by atoms with van der Waals surface area (Å²) < 4.78 is 4.89. The number of aromatic nitrogens is 4. The summed E-state index contributed by atoms with van der Waals surface area (Å²) in [5.41, 5.74) is 0. The van der Waals surface area contributed by atoms with Crippen LogP contribution in [0.3, 0.4) is 0 Å². The summed E-state index contributed by atoms with van der Waals surface area (Å²) in [6.07, 6.45) is 1.56. The highest BCUT2D eigenvalue weighted by atomic mass is 32.2. The fraction of sp³-hybridized carbons (Fsp3) is 0.200. The number of nitrogens with zero attached hydrogens (tertiary/aromatic N) is 4. The molecule has 0 spiro atoms. The molecule has 0 bridgehead atoms. The van der Waals surface area contributed by atoms with Crippen LogP contribution >= 0.6 is 34.6 Å². The Morgan fingerprint density at radius 3 is 2.94 bits per heavy atom. The van der Waals surface area contributed by atoms with Gasteiger partial charge in [0.05, 0.1) is 0 Å². The molecule has 0 aliphatic rings. The Bertz CT molecular complexity index is 676. The maximum Gasteiger partial charge on any atom is 0.224 e. The van der Waals surface area contributed by atoms with E-state index in [9.17, 15) is 0 Å². The Morgan fingerprint density at radius 2 is 2.22 bits per heavy atom. The Kier molecular flexibility index (Phi) is 3.14. The van der Waals surface area contributed by atoms with Gasteiger partial charge in [-0.3, -0.25) is 0 Å². The van der Waals surface area contributed by atoms with Gasteiger partial charge in [0, 0.05) is 17.3 Å². The van der Waals surface area contributed by atoms with Crippen LogP contribution in [0.5, 0.6) is 0 Å². The summed E-state index contributed by atoms with van der Waals surface area (Å²) in [5, 5.41) is 4.99. The zero-order chi connectivity index (χ0) is 12.5. The van der Waals surface area contributed by atoms with E-state index in [0.717, 1.165) is 19.6 Å². The van der Waals surface area contributed by atoms with Gasteiger partial charge >= 0.3 is 0 Å². The van der Waals surface area contributed by atoms with Gasteiger partial charge in [-0.05, 0) is 36.3 Å². The average Bonchev–Trinajstić information content (AvgIpc) is 2.97. The Morgan fingerprint density at radius 1 is 1.33 bits per heavy atom. The molecule has 0 saturated carbocycles. The van der Waals surface area contributed by atoms with Crippen LogP contribution in [0.15, 0.2) is 21.8 Å². The molecule has 92 valence electrons. The number of hydrogen-bond acceptors (Lipinski definition) is 8. The Balaban J connectivity index is 2.13. The molecule has 0 fully saturated rings. The normalized spacial score (nSPS) is 11.0. The van der Waals surface area contributed by atoms with Crippen molar-refractivity contribution in [2.24, 2.45) is 0 Å². The lowest BCUT2D eigenvalue weighted by Crippen LogP contribution is -1.96. The molecule has 0 aliphatic heterocycles. The smallest absolute Gasteiger partial charge is 0.224 e. The van der Waals surface area contributed by atoms with Crippen molar-refractivity contribution in [2.75, 3.05) is 12.4 Å². The van der Waals surface area contributed by atoms with E-state index in [1.165, 1.54) is 28.2 Å². The van der Waals surface area contributed by atoms with Gasteiger partial charge in [-0.25, -0.2) is 15.0 Å². The molecule has 3 aromatic rings. The zero-order valence-electron chi connectivity index (χ0n) is 9.67. The van der Waals surface area contributed by atoms with Crippen LogP contribution in [0.1, 0.15) is 4.88 Å². The molecule has 0 atom stereocenters. The van der Waals surface area contributed by atoms with E-state index in [0.29, 0.717) is 5.95 Å². The SMILES string of the molecule is CNc1nc(Sc2ncns2)c2cc(C)sc2n1. The summed E-state index contributed by atoms with van der Waals surface area (Å²) in [4.78, 5) is 15.3. The third-order valence-corrected chi connectivity index (χ3v) is 4.89. The van der Waals surface area contributed by atoms with Gasteiger partial charge in [-0.15, -0.1) is 11.3 Å². The second kappa shape index (κ2) is 4.79. The second-order valence-corrected chi connectivity index (χ2v) is 6.74. The van der Waals surface area contributed by atoms with E-state index in [4.69, 9.17) is 0 Å². The summed E-state index contributed by atoms with van der Waals surface area (Å²) >= 11 is 4.57. The van der Waals surface area contributed by atoms with E-state index in [1.807, 2.05) is 7.05 Å². The maximum absolute atomic E-state index is 4.49. The fourth-order valence-electron chi connectivity index (χ4n) is 1.50. The molecule has 0 aromatic carbocycles. The van der Waals surface area contributed by atoms with E-state index >= 15 is 0 Å². The molecule has 0 amide bonds. The molecular weight excluding hydrogens is 286 g/mol. The number of aryl methyl sites for hydroxylation is 1. The number of anilines is 1. The number of hydrogen-bond donors (Lipinski definition) is 1. The Labute approximate surface area is 116 Å². The molecule has 18 heavy (non-hydrogen) atoms. The zero-order valence-corrected chi connectivity index (χ0v) is 12.1. The minimum Gasteiger partial charge on any atom is -0.357 e. The van der Waals surface area contributed by atoms with Gasteiger partial charge < -0.3 is 5.32 Å². The quantitative estimate of drug-likeness (QED) is 0.749. The van der Waals surface area contributed by atoms with Crippen LogP contribution < -0.4 is 5.32 Å². The predicted molar refractivity (Wildman–Crippen MR) is 75.7 cm³/mol. The average molecular weight is 295 g/mol. The molecule has 0 aliphatic carbocycles. The van der Waals surface area contributed by atoms with E-state index in [2.05, 4.69) is 37.6 Å². The highest BCUT2D eigenvalue weighted by molar-refractivity contribution is 8.01. The largest absolute Gasteiger partial charge is 0.357 e. The molecular formula is C10H9N5S3. The van der Waals surface area contributed by atoms with Gasteiger partial charge in [-0.1, -0.05) is 0 Å². The molecule has 0 radical (unpaired) electrons. The van der Waals surface area contributed by atoms with Gasteiger partial charge in [-0.2, -0.15) is 4.37 Å². The summed E-state index contributed by atoms with van der Waals surface area (Å²) in [6.45, 7) is 2.07. The third kappa shape index (κ3) is 2.18. The summed E-state index contributed by atoms with van der Waals surface area (Å²) in [6, 6.07) is 2.11. The fourth-order valence-corrected chi connectivity index (χ4v) is 3.90. The predicted octanol–water partition coefficient (Wildman–Crippen LogP) is 3.04. The lowest BCUT2D eigenvalue weighted by molar-refractivity contribution is 1.10. The third-order valence-electron chi connectivity index (χ3n) is 2.23. The molecule has 1 N–H and O–H groups in total. The standard InChI is InChI=1S/C10H9N5S3/c1-5-3-6-7(16-5)14-9(11-2)15-8(6)17-10-12-4-13-18-10/h3-4H,1-2H3,(H,11,14,15). The highest BCUT2D eigenvalue weighted by Crippen LogP contribution is 2.35. The van der Waals surface area contributed by atoms with Crippen molar-refractivity contribution in [3.63, 3.8) is 0 Å². The van der Waals surface area contributed by atoms with E-state index < -0.39 is 0 Å². The molecule has 0 saturated heterocycles. The van der Waals surface area contributed by atoms with Crippen molar-refractivity contribution in [3.8, 4) is 0 Å². The number of rotatable bonds is 3. The molecule has 3 heterocycles. The first-order chi connectivity index (χ1) is 8.76. The van der Waals surface area contributed by atoms with Crippen LogP contribution in [0, 0.1) is 6.92 Å². The molecule has 3 rings (SSSR count). The van der Waals surface area contributed by atoms with Crippen LogP contribution in [-0.4, -0.2) is 26.4 Å². The second-order valence-electron chi connectivity index (χ2n) is 3.49. The van der Waals surface area contributed by atoms with Gasteiger partial charge in [0.25, 0.3) is 0 Å². The lowest BCUT2D eigenvalue weighted by Gasteiger charge is -2.02. The van der Waals surface area contributed by atoms with Crippen molar-refractivity contribution in [1.29, 1.82) is 0 Å². The van der Waals surface area contributed by atoms with Crippen molar-refractivity contribution in [1.82, 2.24) is 19.3 Å². The monoisotopic (exact) mass is 295 g/mol. The van der Waals surface area contributed by atoms with Crippen molar-refractivity contribution < 1.29 is 0 Å². The number of nitrogens with one attached hydrogen (secondary N) is 1. The summed E-state index contributed by atoms with van der Waals surface area (Å²) in [5.74, 6) is 0.636. The van der Waals surface area contributed by atoms with E-state index in [1.54, 1.807) is 17.7 Å².